The average molecular weight is 212 g/mol. The monoisotopic (exact) mass is 212 g/mol. The zero-order valence-electron chi connectivity index (χ0n) is 7.80. The van der Waals surface area contributed by atoms with Gasteiger partial charge in [-0.2, -0.15) is 12.6 Å². The molecule has 14 heavy (non-hydrogen) atoms. The Labute approximate surface area is 88.1 Å². The predicted octanol–water partition coefficient (Wildman–Crippen LogP) is 1.62. The van der Waals surface area contributed by atoms with Crippen molar-refractivity contribution in [3.05, 3.63) is 29.8 Å². The summed E-state index contributed by atoms with van der Waals surface area (Å²) in [4.78, 5) is 10.5. The standard InChI is InChI=1S/C10H12O3S/c1-13-8-4-2-7(3-5-8)6-9(14)10(11)12/h2-5,9,14H,6H2,1H3,(H,11,12). The molecule has 0 saturated heterocycles. The van der Waals surface area contributed by atoms with Crippen LogP contribution in [0.5, 0.6) is 5.75 Å². The number of thiol groups is 1. The van der Waals surface area contributed by atoms with Gasteiger partial charge in [0.05, 0.1) is 7.11 Å². The molecule has 0 aliphatic carbocycles. The lowest BCUT2D eigenvalue weighted by atomic mass is 10.1. The maximum Gasteiger partial charge on any atom is 0.316 e. The number of carboxylic acid groups (broad SMARTS) is 1. The smallest absolute Gasteiger partial charge is 0.316 e. The number of carboxylic acids is 1. The summed E-state index contributed by atoms with van der Waals surface area (Å²) in [5.41, 5.74) is 0.938. The van der Waals surface area contributed by atoms with Crippen molar-refractivity contribution >= 4 is 18.6 Å². The number of benzene rings is 1. The molecule has 4 heteroatoms. The van der Waals surface area contributed by atoms with E-state index in [9.17, 15) is 4.79 Å². The molecular weight excluding hydrogens is 200 g/mol. The van der Waals surface area contributed by atoms with Crippen molar-refractivity contribution in [3.8, 4) is 5.75 Å². The Kier molecular flexibility index (Phi) is 3.83. The second-order valence-electron chi connectivity index (χ2n) is 2.91. The summed E-state index contributed by atoms with van der Waals surface area (Å²) in [7, 11) is 1.59. The summed E-state index contributed by atoms with van der Waals surface area (Å²) in [6, 6.07) is 7.28. The van der Waals surface area contributed by atoms with Gasteiger partial charge < -0.3 is 9.84 Å². The predicted molar refractivity (Wildman–Crippen MR) is 57.1 cm³/mol. The van der Waals surface area contributed by atoms with Gasteiger partial charge in [0.25, 0.3) is 0 Å². The molecule has 1 aromatic carbocycles. The van der Waals surface area contributed by atoms with Gasteiger partial charge in [-0.05, 0) is 24.1 Å². The van der Waals surface area contributed by atoms with Crippen molar-refractivity contribution < 1.29 is 14.6 Å². The van der Waals surface area contributed by atoms with Crippen LogP contribution in [-0.2, 0) is 11.2 Å². The van der Waals surface area contributed by atoms with Crippen LogP contribution in [0.3, 0.4) is 0 Å². The molecule has 0 saturated carbocycles. The highest BCUT2D eigenvalue weighted by Crippen LogP contribution is 2.14. The molecule has 1 N–H and O–H groups in total. The van der Waals surface area contributed by atoms with Crippen LogP contribution in [0.2, 0.25) is 0 Å². The normalized spacial score (nSPS) is 12.1. The van der Waals surface area contributed by atoms with Crippen molar-refractivity contribution in [2.24, 2.45) is 0 Å². The third-order valence-corrected chi connectivity index (χ3v) is 2.28. The molecule has 1 unspecified atom stereocenters. The van der Waals surface area contributed by atoms with Crippen LogP contribution < -0.4 is 4.74 Å². The highest BCUT2D eigenvalue weighted by molar-refractivity contribution is 7.81. The zero-order chi connectivity index (χ0) is 10.6. The van der Waals surface area contributed by atoms with E-state index >= 15 is 0 Å². The zero-order valence-corrected chi connectivity index (χ0v) is 8.70. The maximum absolute atomic E-state index is 10.5. The molecule has 0 heterocycles. The van der Waals surface area contributed by atoms with E-state index in [1.807, 2.05) is 12.1 Å². The number of methoxy groups -OCH3 is 1. The second kappa shape index (κ2) is 4.91. The first-order valence-electron chi connectivity index (χ1n) is 4.17. The molecular formula is C10H12O3S. The molecule has 1 atom stereocenters. The quantitative estimate of drug-likeness (QED) is 0.745. The maximum atomic E-state index is 10.5. The van der Waals surface area contributed by atoms with Crippen LogP contribution in [0.25, 0.3) is 0 Å². The fourth-order valence-corrected chi connectivity index (χ4v) is 1.28. The summed E-state index contributed by atoms with van der Waals surface area (Å²) < 4.78 is 4.99. The van der Waals surface area contributed by atoms with Crippen LogP contribution in [0.15, 0.2) is 24.3 Å². The van der Waals surface area contributed by atoms with Crippen LogP contribution >= 0.6 is 12.6 Å². The van der Waals surface area contributed by atoms with Gasteiger partial charge in [0.15, 0.2) is 0 Å². The molecule has 0 aromatic heterocycles. The van der Waals surface area contributed by atoms with Crippen LogP contribution in [0.4, 0.5) is 0 Å². The van der Waals surface area contributed by atoms with E-state index < -0.39 is 11.2 Å². The molecule has 3 nitrogen and oxygen atoms in total. The second-order valence-corrected chi connectivity index (χ2v) is 3.53. The van der Waals surface area contributed by atoms with Crippen molar-refractivity contribution in [2.75, 3.05) is 7.11 Å². The lowest BCUT2D eigenvalue weighted by molar-refractivity contribution is -0.136. The first kappa shape index (κ1) is 10.9. The molecule has 1 rings (SSSR count). The number of ether oxygens (including phenoxy) is 1. The lowest BCUT2D eigenvalue weighted by Gasteiger charge is -2.06. The number of carbonyl (C=O) groups is 1. The van der Waals surface area contributed by atoms with Crippen molar-refractivity contribution in [2.45, 2.75) is 11.7 Å². The minimum absolute atomic E-state index is 0.419. The first-order valence-corrected chi connectivity index (χ1v) is 4.69. The third-order valence-electron chi connectivity index (χ3n) is 1.87. The Balaban J connectivity index is 2.64. The number of hydrogen-bond donors (Lipinski definition) is 2. The molecule has 0 bridgehead atoms. The highest BCUT2D eigenvalue weighted by atomic mass is 32.1. The summed E-state index contributed by atoms with van der Waals surface area (Å²) in [5, 5.41) is 7.99. The largest absolute Gasteiger partial charge is 0.497 e. The molecule has 1 aromatic rings. The highest BCUT2D eigenvalue weighted by Gasteiger charge is 2.12. The van der Waals surface area contributed by atoms with Gasteiger partial charge >= 0.3 is 5.97 Å². The molecule has 0 radical (unpaired) electrons. The Bertz CT molecular complexity index is 308. The average Bonchev–Trinajstić information content (AvgIpc) is 2.19. The van der Waals surface area contributed by atoms with Gasteiger partial charge in [0.1, 0.15) is 11.0 Å². The molecule has 76 valence electrons. The fourth-order valence-electron chi connectivity index (χ4n) is 1.07. The molecule has 0 fully saturated rings. The Morgan fingerprint density at radius 2 is 2.07 bits per heavy atom. The molecule has 0 spiro atoms. The minimum atomic E-state index is -0.899. The SMILES string of the molecule is COc1ccc(CC(S)C(=O)O)cc1. The van der Waals surface area contributed by atoms with Gasteiger partial charge in [0, 0.05) is 0 Å². The topological polar surface area (TPSA) is 46.5 Å². The Hall–Kier alpha value is -1.16. The Morgan fingerprint density at radius 1 is 1.50 bits per heavy atom. The van der Waals surface area contributed by atoms with Gasteiger partial charge in [-0.15, -0.1) is 0 Å². The van der Waals surface area contributed by atoms with E-state index in [4.69, 9.17) is 9.84 Å². The lowest BCUT2D eigenvalue weighted by Crippen LogP contribution is -2.15. The van der Waals surface area contributed by atoms with Gasteiger partial charge in [-0.3, -0.25) is 4.79 Å². The number of rotatable bonds is 4. The van der Waals surface area contributed by atoms with Crippen molar-refractivity contribution in [1.82, 2.24) is 0 Å². The van der Waals surface area contributed by atoms with E-state index in [1.54, 1.807) is 19.2 Å². The molecule has 0 amide bonds. The minimum Gasteiger partial charge on any atom is -0.497 e. The number of aliphatic carboxylic acids is 1. The van der Waals surface area contributed by atoms with E-state index in [2.05, 4.69) is 12.6 Å². The van der Waals surface area contributed by atoms with Crippen LogP contribution in [0, 0.1) is 0 Å². The summed E-state index contributed by atoms with van der Waals surface area (Å²) in [6.45, 7) is 0. The summed E-state index contributed by atoms with van der Waals surface area (Å²) in [6.07, 6.45) is 0.419. The van der Waals surface area contributed by atoms with Gasteiger partial charge in [-0.25, -0.2) is 0 Å². The summed E-state index contributed by atoms with van der Waals surface area (Å²) in [5.74, 6) is -0.135. The van der Waals surface area contributed by atoms with E-state index in [-0.39, 0.29) is 0 Å². The molecule has 0 aliphatic heterocycles. The van der Waals surface area contributed by atoms with Crippen molar-refractivity contribution in [1.29, 1.82) is 0 Å². The Morgan fingerprint density at radius 3 is 2.50 bits per heavy atom. The van der Waals surface area contributed by atoms with Gasteiger partial charge in [0.2, 0.25) is 0 Å². The van der Waals surface area contributed by atoms with Crippen LogP contribution in [0.1, 0.15) is 5.56 Å². The fraction of sp³-hybridized carbons (Fsp3) is 0.300. The summed E-state index contributed by atoms with van der Waals surface area (Å²) >= 11 is 3.95. The number of hydrogen-bond acceptors (Lipinski definition) is 3. The van der Waals surface area contributed by atoms with E-state index in [0.29, 0.717) is 6.42 Å². The molecule has 0 aliphatic rings. The van der Waals surface area contributed by atoms with E-state index in [1.165, 1.54) is 0 Å². The van der Waals surface area contributed by atoms with Crippen LogP contribution in [-0.4, -0.2) is 23.4 Å². The first-order chi connectivity index (χ1) is 6.63. The third kappa shape index (κ3) is 2.96. The van der Waals surface area contributed by atoms with Crippen molar-refractivity contribution in [3.63, 3.8) is 0 Å². The van der Waals surface area contributed by atoms with Gasteiger partial charge in [-0.1, -0.05) is 12.1 Å². The van der Waals surface area contributed by atoms with E-state index in [0.717, 1.165) is 11.3 Å².